The predicted octanol–water partition coefficient (Wildman–Crippen LogP) is -3.02. The molecule has 0 spiro atoms. The third-order valence-corrected chi connectivity index (χ3v) is 2.20. The van der Waals surface area contributed by atoms with E-state index in [1.807, 2.05) is 0 Å². The summed E-state index contributed by atoms with van der Waals surface area (Å²) >= 11 is 0. The van der Waals surface area contributed by atoms with Crippen molar-refractivity contribution < 1.29 is 82.8 Å². The van der Waals surface area contributed by atoms with E-state index in [-0.39, 0.29) is 69.4 Å². The molecule has 0 aliphatic carbocycles. The van der Waals surface area contributed by atoms with Crippen molar-refractivity contribution in [2.24, 2.45) is 0 Å². The third kappa shape index (κ3) is 8.77. The molecule has 1 aromatic carbocycles. The third-order valence-electron chi connectivity index (χ3n) is 2.20. The number of benzene rings is 1. The molecule has 1 aliphatic rings. The number of aromatic carboxylic acids is 2. The van der Waals surface area contributed by atoms with Crippen molar-refractivity contribution in [1.29, 1.82) is 0 Å². The minimum atomic E-state index is -1.13. The van der Waals surface area contributed by atoms with Gasteiger partial charge in [-0.2, -0.15) is 0 Å². The molecule has 1 saturated heterocycles. The standard InChI is InChI=1S/C8H6O4.C4H9NO.K.H2O.H/c9-7(10)5-2-1-3-6(4-5)8(11)12;1-3-6-4-2-5-1;;;/h1-4H,(H,9,10)(H,11,12);5H,1-4H2;;1H2;/q;;+1;;-1. The van der Waals surface area contributed by atoms with Crippen molar-refractivity contribution in [3.63, 3.8) is 0 Å². The number of nitrogens with one attached hydrogen (secondary N) is 1. The number of carboxylic acids is 2. The number of hydrogen-bond donors (Lipinski definition) is 3. The molecule has 5 N–H and O–H groups in total. The van der Waals surface area contributed by atoms with E-state index < -0.39 is 11.9 Å². The Kier molecular flexibility index (Phi) is 13.6. The maximum absolute atomic E-state index is 10.4. The van der Waals surface area contributed by atoms with E-state index >= 15 is 0 Å². The van der Waals surface area contributed by atoms with Gasteiger partial charge in [0.2, 0.25) is 0 Å². The van der Waals surface area contributed by atoms with Crippen LogP contribution in [0, 0.1) is 0 Å². The second kappa shape index (κ2) is 12.4. The van der Waals surface area contributed by atoms with Crippen molar-refractivity contribution in [3.05, 3.63) is 35.4 Å². The minimum Gasteiger partial charge on any atom is -1.00 e. The summed E-state index contributed by atoms with van der Waals surface area (Å²) in [6.07, 6.45) is 0. The first-order chi connectivity index (χ1) is 8.61. The van der Waals surface area contributed by atoms with Crippen molar-refractivity contribution in [2.45, 2.75) is 0 Å². The molecule has 8 heteroatoms. The van der Waals surface area contributed by atoms with E-state index in [1.165, 1.54) is 18.2 Å². The molecule has 0 bridgehead atoms. The van der Waals surface area contributed by atoms with Gasteiger partial charge in [-0.1, -0.05) is 6.07 Å². The number of ether oxygens (including phenoxy) is 1. The Morgan fingerprint density at radius 1 is 1.10 bits per heavy atom. The first kappa shape index (κ1) is 22.0. The molecule has 0 amide bonds. The van der Waals surface area contributed by atoms with Gasteiger partial charge in [0.05, 0.1) is 24.3 Å². The summed E-state index contributed by atoms with van der Waals surface area (Å²) in [4.78, 5) is 20.8. The summed E-state index contributed by atoms with van der Waals surface area (Å²) < 4.78 is 5.01. The van der Waals surface area contributed by atoms with Crippen LogP contribution in [0.25, 0.3) is 0 Å². The van der Waals surface area contributed by atoms with Gasteiger partial charge in [0.25, 0.3) is 0 Å². The number of hydrogen-bond acceptors (Lipinski definition) is 4. The Hall–Kier alpha value is -0.324. The molecule has 2 rings (SSSR count). The van der Waals surface area contributed by atoms with Gasteiger partial charge in [0, 0.05) is 13.1 Å². The molecule has 108 valence electrons. The molecule has 20 heavy (non-hydrogen) atoms. The van der Waals surface area contributed by atoms with E-state index in [0.29, 0.717) is 0 Å². The van der Waals surface area contributed by atoms with Gasteiger partial charge < -0.3 is 27.2 Å². The molecule has 0 radical (unpaired) electrons. The fourth-order valence-corrected chi connectivity index (χ4v) is 1.30. The van der Waals surface area contributed by atoms with Crippen LogP contribution < -0.4 is 56.7 Å². The van der Waals surface area contributed by atoms with Crippen molar-refractivity contribution in [2.75, 3.05) is 26.3 Å². The zero-order chi connectivity index (χ0) is 13.4. The SMILES string of the molecule is C1COCCN1.O.O=C(O)c1cccc(C(=O)O)c1.[H-].[K+]. The Morgan fingerprint density at radius 3 is 1.80 bits per heavy atom. The van der Waals surface area contributed by atoms with Crippen LogP contribution in [0.5, 0.6) is 0 Å². The van der Waals surface area contributed by atoms with Gasteiger partial charge in [-0.25, -0.2) is 9.59 Å². The van der Waals surface area contributed by atoms with Crippen LogP contribution in [0.15, 0.2) is 24.3 Å². The number of morpholine rings is 1. The fourth-order valence-electron chi connectivity index (χ4n) is 1.30. The monoisotopic (exact) mass is 311 g/mol. The molecular weight excluding hydrogens is 293 g/mol. The Bertz CT molecular complexity index is 387. The van der Waals surface area contributed by atoms with Crippen molar-refractivity contribution >= 4 is 11.9 Å². The number of carbonyl (C=O) groups is 2. The quantitative estimate of drug-likeness (QED) is 0.499. The maximum Gasteiger partial charge on any atom is 1.00 e. The van der Waals surface area contributed by atoms with Crippen LogP contribution in [-0.2, 0) is 4.74 Å². The second-order valence-corrected chi connectivity index (χ2v) is 3.55. The van der Waals surface area contributed by atoms with Gasteiger partial charge in [-0.3, -0.25) is 0 Å². The van der Waals surface area contributed by atoms with E-state index in [0.717, 1.165) is 32.4 Å². The molecule has 1 heterocycles. The summed E-state index contributed by atoms with van der Waals surface area (Å²) in [5.41, 5.74) is -0.0372. The van der Waals surface area contributed by atoms with Crippen LogP contribution in [0.1, 0.15) is 22.1 Å². The Morgan fingerprint density at radius 2 is 1.55 bits per heavy atom. The molecule has 0 saturated carbocycles. The molecule has 0 aromatic heterocycles. The smallest absolute Gasteiger partial charge is 1.00 e. The van der Waals surface area contributed by atoms with Gasteiger partial charge >= 0.3 is 63.3 Å². The zero-order valence-electron chi connectivity index (χ0n) is 12.3. The second-order valence-electron chi connectivity index (χ2n) is 3.55. The predicted molar refractivity (Wildman–Crippen MR) is 68.8 cm³/mol. The van der Waals surface area contributed by atoms with Gasteiger partial charge in [-0.05, 0) is 18.2 Å². The maximum atomic E-state index is 10.4. The topological polar surface area (TPSA) is 127 Å². The van der Waals surface area contributed by atoms with Crippen LogP contribution >= 0.6 is 0 Å². The molecule has 1 fully saturated rings. The molecule has 1 aliphatic heterocycles. The summed E-state index contributed by atoms with van der Waals surface area (Å²) in [7, 11) is 0. The minimum absolute atomic E-state index is 0. The Balaban J connectivity index is -0.000000312. The van der Waals surface area contributed by atoms with Crippen LogP contribution in [0.4, 0.5) is 0 Å². The van der Waals surface area contributed by atoms with Crippen molar-refractivity contribution in [3.8, 4) is 0 Å². The van der Waals surface area contributed by atoms with Crippen LogP contribution in [-0.4, -0.2) is 53.9 Å². The first-order valence-corrected chi connectivity index (χ1v) is 5.46. The zero-order valence-corrected chi connectivity index (χ0v) is 14.4. The fraction of sp³-hybridized carbons (Fsp3) is 0.333. The largest absolute Gasteiger partial charge is 1.00 e. The molecule has 1 aromatic rings. The van der Waals surface area contributed by atoms with Crippen molar-refractivity contribution in [1.82, 2.24) is 5.32 Å². The van der Waals surface area contributed by atoms with Gasteiger partial charge in [0.15, 0.2) is 0 Å². The number of rotatable bonds is 2. The summed E-state index contributed by atoms with van der Waals surface area (Å²) in [5.74, 6) is -2.25. The summed E-state index contributed by atoms with van der Waals surface area (Å²) in [6, 6.07) is 5.20. The first-order valence-electron chi connectivity index (χ1n) is 5.46. The van der Waals surface area contributed by atoms with E-state index in [4.69, 9.17) is 14.9 Å². The molecule has 0 unspecified atom stereocenters. The average molecular weight is 311 g/mol. The Labute approximate surface area is 160 Å². The van der Waals surface area contributed by atoms with Gasteiger partial charge in [-0.15, -0.1) is 0 Å². The van der Waals surface area contributed by atoms with E-state index in [1.54, 1.807) is 0 Å². The molecule has 0 atom stereocenters. The molecule has 7 nitrogen and oxygen atoms in total. The van der Waals surface area contributed by atoms with E-state index in [2.05, 4.69) is 5.32 Å². The molecular formula is C12H18KNO6. The van der Waals surface area contributed by atoms with E-state index in [9.17, 15) is 9.59 Å². The van der Waals surface area contributed by atoms with Gasteiger partial charge in [0.1, 0.15) is 0 Å². The normalized spacial score (nSPS) is 12.8. The van der Waals surface area contributed by atoms with Crippen LogP contribution in [0.3, 0.4) is 0 Å². The summed E-state index contributed by atoms with van der Waals surface area (Å²) in [5, 5.41) is 20.2. The van der Waals surface area contributed by atoms with Crippen LogP contribution in [0.2, 0.25) is 0 Å². The average Bonchev–Trinajstić information content (AvgIpc) is 2.41. The number of carboxylic acid groups (broad SMARTS) is 2. The summed E-state index contributed by atoms with van der Waals surface area (Å²) in [6.45, 7) is 3.83.